The molecule has 0 spiro atoms. The molecule has 7 heteroatoms. The van der Waals surface area contributed by atoms with Crippen molar-refractivity contribution >= 4 is 24.0 Å². The van der Waals surface area contributed by atoms with Gasteiger partial charge in [-0.2, -0.15) is 5.10 Å². The van der Waals surface area contributed by atoms with E-state index in [0.29, 0.717) is 12.1 Å². The normalized spacial score (nSPS) is 9.44. The maximum absolute atomic E-state index is 12.7. The molecular formula is C9H5F3N2O2. The van der Waals surface area contributed by atoms with Gasteiger partial charge in [0.1, 0.15) is 0 Å². The Labute approximate surface area is 87.8 Å². The van der Waals surface area contributed by atoms with Gasteiger partial charge < -0.3 is 0 Å². The van der Waals surface area contributed by atoms with Gasteiger partial charge in [0.25, 0.3) is 0 Å². The molecule has 1 aromatic carbocycles. The van der Waals surface area contributed by atoms with Crippen LogP contribution in [0.5, 0.6) is 0 Å². The van der Waals surface area contributed by atoms with Gasteiger partial charge >= 0.3 is 0 Å². The number of benzene rings is 1. The number of hydrogen-bond donors (Lipinski definition) is 1. The van der Waals surface area contributed by atoms with E-state index >= 15 is 0 Å². The first-order valence-electron chi connectivity index (χ1n) is 3.97. The number of hydrazone groups is 1. The number of nitrogens with zero attached hydrogens (tertiary/aromatic N) is 1. The predicted molar refractivity (Wildman–Crippen MR) is 49.5 cm³/mol. The zero-order valence-corrected chi connectivity index (χ0v) is 7.71. The van der Waals surface area contributed by atoms with Gasteiger partial charge in [0.05, 0.1) is 5.69 Å². The van der Waals surface area contributed by atoms with Crippen LogP contribution in [0.15, 0.2) is 17.2 Å². The highest BCUT2D eigenvalue weighted by Gasteiger charge is 2.10. The molecule has 1 aromatic rings. The Morgan fingerprint density at radius 3 is 2.06 bits per heavy atom. The first-order valence-corrected chi connectivity index (χ1v) is 3.97. The molecule has 4 nitrogen and oxygen atoms in total. The number of nitrogens with one attached hydrogen (secondary N) is 1. The first-order chi connectivity index (χ1) is 7.58. The highest BCUT2D eigenvalue weighted by Crippen LogP contribution is 2.17. The number of carbonyl (C=O) groups excluding carboxylic acids is 2. The van der Waals surface area contributed by atoms with Gasteiger partial charge in [-0.15, -0.1) is 0 Å². The monoisotopic (exact) mass is 230 g/mol. The molecule has 84 valence electrons. The van der Waals surface area contributed by atoms with Crippen LogP contribution in [0.2, 0.25) is 0 Å². The van der Waals surface area contributed by atoms with Crippen molar-refractivity contribution in [2.45, 2.75) is 0 Å². The van der Waals surface area contributed by atoms with E-state index in [1.807, 2.05) is 5.43 Å². The molecule has 0 atom stereocenters. The van der Waals surface area contributed by atoms with E-state index in [2.05, 4.69) is 5.10 Å². The summed E-state index contributed by atoms with van der Waals surface area (Å²) >= 11 is 0. The maximum Gasteiger partial charge on any atom is 0.194 e. The molecule has 0 aromatic heterocycles. The zero-order chi connectivity index (χ0) is 12.1. The molecule has 0 aliphatic carbocycles. The van der Waals surface area contributed by atoms with Crippen LogP contribution in [0.3, 0.4) is 0 Å². The quantitative estimate of drug-likeness (QED) is 0.278. The fourth-order valence-electron chi connectivity index (χ4n) is 0.830. The molecule has 1 rings (SSSR count). The topological polar surface area (TPSA) is 58.5 Å². The molecule has 1 N–H and O–H groups in total. The fourth-order valence-corrected chi connectivity index (χ4v) is 0.830. The van der Waals surface area contributed by atoms with Crippen molar-refractivity contribution in [2.24, 2.45) is 5.10 Å². The minimum Gasteiger partial charge on any atom is -0.296 e. The van der Waals surface area contributed by atoms with E-state index in [1.54, 1.807) is 0 Å². The summed E-state index contributed by atoms with van der Waals surface area (Å²) in [5, 5.41) is 3.22. The second-order valence-electron chi connectivity index (χ2n) is 2.64. The van der Waals surface area contributed by atoms with Crippen molar-refractivity contribution < 1.29 is 22.8 Å². The van der Waals surface area contributed by atoms with Gasteiger partial charge in [-0.25, -0.2) is 13.2 Å². The lowest BCUT2D eigenvalue weighted by Crippen LogP contribution is -2.05. The molecule has 0 unspecified atom stereocenters. The lowest BCUT2D eigenvalue weighted by Gasteiger charge is -2.01. The number of rotatable bonds is 4. The van der Waals surface area contributed by atoms with E-state index in [4.69, 9.17) is 0 Å². The molecule has 0 fully saturated rings. The Balaban J connectivity index is 2.95. The Morgan fingerprint density at radius 1 is 1.12 bits per heavy atom. The largest absolute Gasteiger partial charge is 0.296 e. The number of halogens is 3. The zero-order valence-electron chi connectivity index (χ0n) is 7.71. The predicted octanol–water partition coefficient (Wildman–Crippen LogP) is 1.27. The van der Waals surface area contributed by atoms with Crippen molar-refractivity contribution in [1.29, 1.82) is 0 Å². The third-order valence-electron chi connectivity index (χ3n) is 1.54. The van der Waals surface area contributed by atoms with Crippen molar-refractivity contribution in [2.75, 3.05) is 5.43 Å². The van der Waals surface area contributed by atoms with Crippen LogP contribution >= 0.6 is 0 Å². The van der Waals surface area contributed by atoms with Crippen LogP contribution in [-0.4, -0.2) is 18.3 Å². The van der Waals surface area contributed by atoms with Crippen LogP contribution < -0.4 is 5.43 Å². The van der Waals surface area contributed by atoms with Gasteiger partial charge in [0, 0.05) is 12.1 Å². The van der Waals surface area contributed by atoms with Gasteiger partial charge in [0.15, 0.2) is 35.7 Å². The summed E-state index contributed by atoms with van der Waals surface area (Å²) in [6, 6.07) is 1.27. The Hall–Kier alpha value is -2.18. The minimum absolute atomic E-state index is 0.149. The Kier molecular flexibility index (Phi) is 3.76. The van der Waals surface area contributed by atoms with Crippen molar-refractivity contribution in [1.82, 2.24) is 0 Å². The molecule has 0 radical (unpaired) electrons. The molecule has 16 heavy (non-hydrogen) atoms. The molecule has 0 aliphatic heterocycles. The van der Waals surface area contributed by atoms with E-state index in [-0.39, 0.29) is 18.3 Å². The first kappa shape index (κ1) is 11.9. The fraction of sp³-hybridized carbons (Fsp3) is 0. The summed E-state index contributed by atoms with van der Waals surface area (Å²) in [7, 11) is 0. The SMILES string of the molecule is O=CC(C=O)=NNc1cc(F)c(F)c(F)c1. The van der Waals surface area contributed by atoms with Gasteiger partial charge in [-0.05, 0) is 0 Å². The number of anilines is 1. The van der Waals surface area contributed by atoms with E-state index in [1.165, 1.54) is 0 Å². The third kappa shape index (κ3) is 2.66. The number of carbonyl (C=O) groups is 2. The second-order valence-corrected chi connectivity index (χ2v) is 2.64. The highest BCUT2D eigenvalue weighted by atomic mass is 19.2. The van der Waals surface area contributed by atoms with E-state index in [0.717, 1.165) is 0 Å². The summed E-state index contributed by atoms with van der Waals surface area (Å²) in [4.78, 5) is 20.3. The van der Waals surface area contributed by atoms with E-state index in [9.17, 15) is 22.8 Å². The molecule has 0 heterocycles. The van der Waals surface area contributed by atoms with Crippen molar-refractivity contribution in [3.63, 3.8) is 0 Å². The van der Waals surface area contributed by atoms with Crippen molar-refractivity contribution in [3.05, 3.63) is 29.6 Å². The molecular weight excluding hydrogens is 225 g/mol. The van der Waals surface area contributed by atoms with Gasteiger partial charge in [-0.1, -0.05) is 0 Å². The van der Waals surface area contributed by atoms with Gasteiger partial charge in [-0.3, -0.25) is 15.0 Å². The van der Waals surface area contributed by atoms with Crippen LogP contribution in [0.4, 0.5) is 18.9 Å². The third-order valence-corrected chi connectivity index (χ3v) is 1.54. The summed E-state index contributed by atoms with van der Waals surface area (Å²) in [6.07, 6.45) is 0.298. The second kappa shape index (κ2) is 5.06. The highest BCUT2D eigenvalue weighted by molar-refractivity contribution is 6.53. The average Bonchev–Trinajstić information content (AvgIpc) is 2.27. The average molecular weight is 230 g/mol. The lowest BCUT2D eigenvalue weighted by atomic mass is 10.3. The maximum atomic E-state index is 12.7. The smallest absolute Gasteiger partial charge is 0.194 e. The van der Waals surface area contributed by atoms with Crippen LogP contribution in [0.1, 0.15) is 0 Å². The molecule has 0 bridgehead atoms. The Bertz CT molecular complexity index is 427. The summed E-state index contributed by atoms with van der Waals surface area (Å²) in [6.45, 7) is 0. The summed E-state index contributed by atoms with van der Waals surface area (Å²) < 4.78 is 37.9. The van der Waals surface area contributed by atoms with Crippen LogP contribution in [-0.2, 0) is 9.59 Å². The number of hydrogen-bond acceptors (Lipinski definition) is 4. The lowest BCUT2D eigenvalue weighted by molar-refractivity contribution is -0.106. The Morgan fingerprint density at radius 2 is 1.62 bits per heavy atom. The van der Waals surface area contributed by atoms with E-state index < -0.39 is 23.2 Å². The van der Waals surface area contributed by atoms with Crippen molar-refractivity contribution in [3.8, 4) is 0 Å². The van der Waals surface area contributed by atoms with Crippen LogP contribution in [0.25, 0.3) is 0 Å². The van der Waals surface area contributed by atoms with Crippen LogP contribution in [0, 0.1) is 17.5 Å². The minimum atomic E-state index is -1.61. The molecule has 0 saturated heterocycles. The molecule has 0 amide bonds. The summed E-state index contributed by atoms with van der Waals surface area (Å²) in [5.74, 6) is -4.42. The molecule has 0 aliphatic rings. The standard InChI is InChI=1S/C9H5F3N2O2/c10-7-1-5(2-8(11)9(7)12)13-14-6(3-15)4-16/h1-4,13H. The molecule has 0 saturated carbocycles. The summed E-state index contributed by atoms with van der Waals surface area (Å²) in [5.41, 5.74) is 1.31. The van der Waals surface area contributed by atoms with Gasteiger partial charge in [0.2, 0.25) is 0 Å². The number of aldehydes is 2.